The van der Waals surface area contributed by atoms with Gasteiger partial charge in [-0.15, -0.1) is 0 Å². The van der Waals surface area contributed by atoms with Gasteiger partial charge in [-0.25, -0.2) is 0 Å². The van der Waals surface area contributed by atoms with E-state index in [1.807, 2.05) is 71.9 Å². The lowest BCUT2D eigenvalue weighted by atomic mass is 9.79. The number of hydrogen-bond donors (Lipinski definition) is 3. The van der Waals surface area contributed by atoms with Crippen molar-refractivity contribution in [1.82, 2.24) is 0 Å². The first-order valence-corrected chi connectivity index (χ1v) is 12.7. The fraction of sp³-hybridized carbons (Fsp3) is 0.520. The van der Waals surface area contributed by atoms with E-state index < -0.39 is 7.60 Å². The molecule has 0 aliphatic rings. The van der Waals surface area contributed by atoms with Crippen molar-refractivity contribution in [2.75, 3.05) is 17.7 Å². The highest BCUT2D eigenvalue weighted by Crippen LogP contribution is 2.44. The molecule has 0 unspecified atom stereocenters. The Bertz CT molecular complexity index is 872. The smallest absolute Gasteiger partial charge is 0.344 e. The molecule has 0 amide bonds. The quantitative estimate of drug-likeness (QED) is 0.344. The van der Waals surface area contributed by atoms with E-state index in [2.05, 4.69) is 12.1 Å². The van der Waals surface area contributed by atoms with Gasteiger partial charge in [0, 0.05) is 23.4 Å². The summed E-state index contributed by atoms with van der Waals surface area (Å²) in [6.07, 6.45) is 2.33. The summed E-state index contributed by atoms with van der Waals surface area (Å²) in [7, 11) is -4.25. The number of aryl methyl sites for hydroxylation is 1. The van der Waals surface area contributed by atoms with Gasteiger partial charge in [0.25, 0.3) is 0 Å². The van der Waals surface area contributed by atoms with Crippen LogP contribution in [0.25, 0.3) is 0 Å². The lowest BCUT2D eigenvalue weighted by molar-refractivity contribution is 0.371. The Balaban J connectivity index is 2.34. The molecule has 6 heteroatoms. The van der Waals surface area contributed by atoms with Crippen molar-refractivity contribution in [1.29, 1.82) is 0 Å². The topological polar surface area (TPSA) is 81.0 Å². The van der Waals surface area contributed by atoms with Crippen LogP contribution in [-0.2, 0) is 21.8 Å². The first kappa shape index (κ1) is 25.5. The van der Waals surface area contributed by atoms with Gasteiger partial charge in [-0.05, 0) is 47.8 Å². The average Bonchev–Trinajstić information content (AvgIpc) is 2.62. The van der Waals surface area contributed by atoms with E-state index in [0.29, 0.717) is 6.54 Å². The predicted octanol–water partition coefficient (Wildman–Crippen LogP) is 5.95. The Morgan fingerprint density at radius 2 is 1.39 bits per heavy atom. The van der Waals surface area contributed by atoms with Crippen molar-refractivity contribution in [3.63, 3.8) is 0 Å². The maximum atomic E-state index is 11.9. The third-order valence-corrected chi connectivity index (χ3v) is 6.13. The van der Waals surface area contributed by atoms with Crippen LogP contribution in [0.1, 0.15) is 71.1 Å². The molecule has 0 saturated carbocycles. The third-order valence-electron chi connectivity index (χ3n) is 5.42. The predicted molar refractivity (Wildman–Crippen MR) is 129 cm³/mol. The monoisotopic (exact) mass is 447 g/mol. The Labute approximate surface area is 187 Å². The molecule has 2 aromatic carbocycles. The van der Waals surface area contributed by atoms with Crippen molar-refractivity contribution < 1.29 is 19.5 Å². The molecular formula is C25H38NO4P. The van der Waals surface area contributed by atoms with Crippen molar-refractivity contribution in [2.24, 2.45) is 0 Å². The van der Waals surface area contributed by atoms with Crippen molar-refractivity contribution in [3.05, 3.63) is 59.2 Å². The van der Waals surface area contributed by atoms with Gasteiger partial charge in [0.05, 0.1) is 0 Å². The molecule has 0 atom stereocenters. The summed E-state index contributed by atoms with van der Waals surface area (Å²) < 4.78 is 11.9. The number of phenolic OH excluding ortho intramolecular Hbond substituents is 1. The van der Waals surface area contributed by atoms with Crippen LogP contribution in [0.15, 0.2) is 42.5 Å². The first-order chi connectivity index (χ1) is 14.2. The van der Waals surface area contributed by atoms with E-state index in [1.54, 1.807) is 4.90 Å². The molecule has 3 N–H and O–H groups in total. The van der Waals surface area contributed by atoms with Crippen LogP contribution in [0.2, 0.25) is 0 Å². The van der Waals surface area contributed by atoms with Crippen LogP contribution in [0.4, 0.5) is 5.69 Å². The van der Waals surface area contributed by atoms with Crippen LogP contribution in [0.5, 0.6) is 5.75 Å². The molecule has 31 heavy (non-hydrogen) atoms. The zero-order chi connectivity index (χ0) is 23.4. The first-order valence-electron chi connectivity index (χ1n) is 10.9. The highest BCUT2D eigenvalue weighted by Gasteiger charge is 2.29. The molecule has 0 heterocycles. The zero-order valence-electron chi connectivity index (χ0n) is 19.7. The molecule has 2 aromatic rings. The Hall–Kier alpha value is -1.81. The summed E-state index contributed by atoms with van der Waals surface area (Å²) in [6.45, 7) is 12.7. The Kier molecular flexibility index (Phi) is 8.02. The number of unbranched alkanes of at least 4 members (excludes halogenated alkanes) is 1. The van der Waals surface area contributed by atoms with Crippen LogP contribution in [-0.4, -0.2) is 27.7 Å². The van der Waals surface area contributed by atoms with E-state index in [-0.39, 0.29) is 22.9 Å². The van der Waals surface area contributed by atoms with Gasteiger partial charge < -0.3 is 19.8 Å². The third kappa shape index (κ3) is 7.68. The Morgan fingerprint density at radius 3 is 1.84 bits per heavy atom. The van der Waals surface area contributed by atoms with E-state index in [1.165, 1.54) is 5.56 Å². The number of phenols is 1. The normalized spacial score (nSPS) is 12.8. The van der Waals surface area contributed by atoms with Gasteiger partial charge >= 0.3 is 7.60 Å². The van der Waals surface area contributed by atoms with E-state index in [9.17, 15) is 19.5 Å². The van der Waals surface area contributed by atoms with Gasteiger partial charge in [0.15, 0.2) is 0 Å². The second-order valence-electron chi connectivity index (χ2n) is 10.4. The lowest BCUT2D eigenvalue weighted by Gasteiger charge is -2.32. The number of hydrogen-bond acceptors (Lipinski definition) is 3. The summed E-state index contributed by atoms with van der Waals surface area (Å²) in [5.74, 6) is 0.268. The number of nitrogens with zero attached hydrogens (tertiary/aromatic N) is 1. The summed E-state index contributed by atoms with van der Waals surface area (Å²) in [5, 5.41) is 11.0. The summed E-state index contributed by atoms with van der Waals surface area (Å²) >= 11 is 0. The fourth-order valence-corrected chi connectivity index (χ4v) is 4.48. The minimum absolute atomic E-state index is 0.268. The second-order valence-corrected chi connectivity index (χ2v) is 12.0. The maximum absolute atomic E-state index is 11.9. The molecule has 0 aliphatic heterocycles. The highest BCUT2D eigenvalue weighted by molar-refractivity contribution is 7.51. The van der Waals surface area contributed by atoms with Crippen molar-refractivity contribution in [2.45, 2.75) is 71.6 Å². The minimum atomic E-state index is -4.25. The van der Waals surface area contributed by atoms with Crippen molar-refractivity contribution in [3.8, 4) is 5.75 Å². The molecule has 0 aromatic heterocycles. The van der Waals surface area contributed by atoms with Crippen LogP contribution >= 0.6 is 7.60 Å². The standard InChI is InChI=1S/C25H38NO4P/c1-24(2,3)21-16-20(17-22(23(21)27)25(4,5)6)26(18-31(28,29)30)15-11-10-14-19-12-8-7-9-13-19/h7-9,12-13,16-17,27H,10-11,14-15,18H2,1-6H3,(H2,28,29,30). The molecule has 0 saturated heterocycles. The molecule has 0 radical (unpaired) electrons. The SMILES string of the molecule is CC(C)(C)c1cc(N(CCCCc2ccccc2)CP(=O)(O)O)cc(C(C)(C)C)c1O. The minimum Gasteiger partial charge on any atom is -0.507 e. The number of aromatic hydroxyl groups is 1. The molecule has 0 bridgehead atoms. The van der Waals surface area contributed by atoms with Gasteiger partial charge in [-0.3, -0.25) is 4.57 Å². The largest absolute Gasteiger partial charge is 0.507 e. The van der Waals surface area contributed by atoms with Crippen LogP contribution in [0.3, 0.4) is 0 Å². The molecule has 0 aliphatic carbocycles. The fourth-order valence-electron chi connectivity index (χ4n) is 3.73. The van der Waals surface area contributed by atoms with Crippen LogP contribution in [0, 0.1) is 0 Å². The maximum Gasteiger partial charge on any atom is 0.344 e. The van der Waals surface area contributed by atoms with Gasteiger partial charge in [0.1, 0.15) is 12.0 Å². The van der Waals surface area contributed by atoms with Crippen LogP contribution < -0.4 is 4.90 Å². The zero-order valence-corrected chi connectivity index (χ0v) is 20.6. The van der Waals surface area contributed by atoms with E-state index >= 15 is 0 Å². The molecular weight excluding hydrogens is 409 g/mol. The summed E-state index contributed by atoms with van der Waals surface area (Å²) in [5.41, 5.74) is 2.97. The molecule has 5 nitrogen and oxygen atoms in total. The van der Waals surface area contributed by atoms with E-state index in [0.717, 1.165) is 36.1 Å². The molecule has 2 rings (SSSR count). The summed E-state index contributed by atoms with van der Waals surface area (Å²) in [4.78, 5) is 21.2. The molecule has 0 fully saturated rings. The van der Waals surface area contributed by atoms with Crippen molar-refractivity contribution >= 4 is 13.3 Å². The summed E-state index contributed by atoms with van der Waals surface area (Å²) in [6, 6.07) is 14.0. The lowest BCUT2D eigenvalue weighted by Crippen LogP contribution is -2.27. The number of rotatable bonds is 8. The second kappa shape index (κ2) is 9.77. The number of benzene rings is 2. The molecule has 172 valence electrons. The molecule has 0 spiro atoms. The highest BCUT2D eigenvalue weighted by atomic mass is 31.2. The van der Waals surface area contributed by atoms with Gasteiger partial charge in [-0.2, -0.15) is 0 Å². The van der Waals surface area contributed by atoms with Gasteiger partial charge in [0.2, 0.25) is 0 Å². The van der Waals surface area contributed by atoms with Gasteiger partial charge in [-0.1, -0.05) is 71.9 Å². The number of anilines is 1. The average molecular weight is 448 g/mol. The van der Waals surface area contributed by atoms with E-state index in [4.69, 9.17) is 0 Å². The Morgan fingerprint density at radius 1 is 0.871 bits per heavy atom.